The Balaban J connectivity index is 2.93. The number of nitrogens with zero attached hydrogens (tertiary/aromatic N) is 1. The van der Waals surface area contributed by atoms with Crippen LogP contribution >= 0.6 is 0 Å². The molecular weight excluding hydrogens is 236 g/mol. The summed E-state index contributed by atoms with van der Waals surface area (Å²) >= 11 is 0. The Morgan fingerprint density at radius 2 is 2.17 bits per heavy atom. The highest BCUT2D eigenvalue weighted by atomic mass is 16.6. The van der Waals surface area contributed by atoms with Crippen LogP contribution in [0.2, 0.25) is 0 Å². The molecule has 1 amide bonds. The summed E-state index contributed by atoms with van der Waals surface area (Å²) in [6.45, 7) is 0.818. The Morgan fingerprint density at radius 1 is 1.44 bits per heavy atom. The highest BCUT2D eigenvalue weighted by Crippen LogP contribution is 2.25. The zero-order chi connectivity index (χ0) is 13.5. The second-order valence-corrected chi connectivity index (χ2v) is 3.44. The molecule has 0 radical (unpaired) electrons. The van der Waals surface area contributed by atoms with E-state index in [1.54, 1.807) is 12.2 Å². The zero-order valence-corrected chi connectivity index (χ0v) is 9.63. The van der Waals surface area contributed by atoms with Crippen molar-refractivity contribution < 1.29 is 9.72 Å². The molecular formula is C11H14N4O3. The predicted octanol–water partition coefficient (Wildman–Crippen LogP) is 0.621. The Bertz CT molecular complexity index is 485. The minimum absolute atomic E-state index is 0.102. The number of hydrogen-bond donors (Lipinski definition) is 3. The summed E-state index contributed by atoms with van der Waals surface area (Å²) < 4.78 is 0. The van der Waals surface area contributed by atoms with Crippen LogP contribution in [0.3, 0.4) is 0 Å². The standard InChI is InChI=1S/C11H14N4O3/c12-5-1-2-6-14-9-4-3-8(11(13)16)7-10(9)15(17)18/h1-4,7,14H,5-6,12H2,(H2,13,16)/b2-1+. The number of anilines is 1. The molecule has 96 valence electrons. The summed E-state index contributed by atoms with van der Waals surface area (Å²) in [6.07, 6.45) is 3.49. The third-order valence-corrected chi connectivity index (χ3v) is 2.19. The lowest BCUT2D eigenvalue weighted by atomic mass is 10.1. The Morgan fingerprint density at radius 3 is 2.72 bits per heavy atom. The number of nitrogens with two attached hydrogens (primary N) is 2. The van der Waals surface area contributed by atoms with Crippen LogP contribution in [0.5, 0.6) is 0 Å². The van der Waals surface area contributed by atoms with Crippen LogP contribution in [-0.4, -0.2) is 23.9 Å². The molecule has 1 rings (SSSR count). The molecule has 0 saturated carbocycles. The van der Waals surface area contributed by atoms with Crippen LogP contribution in [0, 0.1) is 10.1 Å². The molecule has 1 aromatic carbocycles. The topological polar surface area (TPSA) is 124 Å². The zero-order valence-electron chi connectivity index (χ0n) is 9.63. The highest BCUT2D eigenvalue weighted by Gasteiger charge is 2.15. The molecule has 0 unspecified atom stereocenters. The van der Waals surface area contributed by atoms with Gasteiger partial charge >= 0.3 is 0 Å². The van der Waals surface area contributed by atoms with E-state index >= 15 is 0 Å². The largest absolute Gasteiger partial charge is 0.376 e. The summed E-state index contributed by atoms with van der Waals surface area (Å²) in [6, 6.07) is 4.04. The fourth-order valence-corrected chi connectivity index (χ4v) is 1.33. The lowest BCUT2D eigenvalue weighted by Crippen LogP contribution is -2.12. The van der Waals surface area contributed by atoms with Crippen LogP contribution in [-0.2, 0) is 0 Å². The molecule has 0 saturated heterocycles. The van der Waals surface area contributed by atoms with Crippen molar-refractivity contribution in [1.29, 1.82) is 0 Å². The van der Waals surface area contributed by atoms with Crippen LogP contribution in [0.1, 0.15) is 10.4 Å². The van der Waals surface area contributed by atoms with Crippen LogP contribution in [0.4, 0.5) is 11.4 Å². The quantitative estimate of drug-likeness (QED) is 0.388. The fraction of sp³-hybridized carbons (Fsp3) is 0.182. The number of rotatable bonds is 6. The van der Waals surface area contributed by atoms with Gasteiger partial charge in [-0.25, -0.2) is 0 Å². The Kier molecular flexibility index (Phi) is 4.82. The number of nitro groups is 1. The number of carbonyl (C=O) groups is 1. The molecule has 0 spiro atoms. The number of amides is 1. The van der Waals surface area contributed by atoms with Crippen molar-refractivity contribution in [3.8, 4) is 0 Å². The number of benzene rings is 1. The first kappa shape index (κ1) is 13.7. The van der Waals surface area contributed by atoms with Gasteiger partial charge in [0.1, 0.15) is 5.69 Å². The fourth-order valence-electron chi connectivity index (χ4n) is 1.33. The predicted molar refractivity (Wildman–Crippen MR) is 68.3 cm³/mol. The van der Waals surface area contributed by atoms with Gasteiger partial charge in [-0.15, -0.1) is 0 Å². The van der Waals surface area contributed by atoms with Gasteiger partial charge < -0.3 is 16.8 Å². The summed E-state index contributed by atoms with van der Waals surface area (Å²) in [5, 5.41) is 13.7. The van der Waals surface area contributed by atoms with E-state index in [2.05, 4.69) is 5.32 Å². The second kappa shape index (κ2) is 6.36. The maximum atomic E-state index is 10.9. The first-order chi connectivity index (χ1) is 8.56. The van der Waals surface area contributed by atoms with E-state index in [0.29, 0.717) is 18.8 Å². The average molecular weight is 250 g/mol. The summed E-state index contributed by atoms with van der Waals surface area (Å²) in [5.41, 5.74) is 10.6. The van der Waals surface area contributed by atoms with E-state index in [9.17, 15) is 14.9 Å². The van der Waals surface area contributed by atoms with Crippen molar-refractivity contribution in [3.63, 3.8) is 0 Å². The summed E-state index contributed by atoms with van der Waals surface area (Å²) in [4.78, 5) is 21.2. The van der Waals surface area contributed by atoms with Crippen LogP contribution in [0.15, 0.2) is 30.4 Å². The molecule has 0 aromatic heterocycles. The Hall–Kier alpha value is -2.41. The first-order valence-corrected chi connectivity index (χ1v) is 5.23. The molecule has 0 atom stereocenters. The Labute approximate surface area is 104 Å². The van der Waals surface area contributed by atoms with Crippen molar-refractivity contribution in [1.82, 2.24) is 0 Å². The van der Waals surface area contributed by atoms with Gasteiger partial charge in [0, 0.05) is 24.7 Å². The van der Waals surface area contributed by atoms with E-state index in [0.717, 1.165) is 6.07 Å². The number of carbonyl (C=O) groups excluding carboxylic acids is 1. The van der Waals surface area contributed by atoms with E-state index in [4.69, 9.17) is 11.5 Å². The van der Waals surface area contributed by atoms with Gasteiger partial charge in [-0.1, -0.05) is 12.2 Å². The first-order valence-electron chi connectivity index (χ1n) is 5.23. The van der Waals surface area contributed by atoms with Gasteiger partial charge in [0.25, 0.3) is 5.69 Å². The van der Waals surface area contributed by atoms with Crippen LogP contribution < -0.4 is 16.8 Å². The second-order valence-electron chi connectivity index (χ2n) is 3.44. The van der Waals surface area contributed by atoms with Gasteiger partial charge in [-0.3, -0.25) is 14.9 Å². The molecule has 1 aromatic rings. The van der Waals surface area contributed by atoms with E-state index in [1.165, 1.54) is 12.1 Å². The van der Waals surface area contributed by atoms with Gasteiger partial charge in [0.15, 0.2) is 0 Å². The smallest absolute Gasteiger partial charge is 0.293 e. The molecule has 0 fully saturated rings. The van der Waals surface area contributed by atoms with Gasteiger partial charge in [0.2, 0.25) is 5.91 Å². The maximum Gasteiger partial charge on any atom is 0.293 e. The number of nitrogens with one attached hydrogen (secondary N) is 1. The van der Waals surface area contributed by atoms with Gasteiger partial charge in [-0.2, -0.15) is 0 Å². The highest BCUT2D eigenvalue weighted by molar-refractivity contribution is 5.94. The third kappa shape index (κ3) is 3.56. The molecule has 0 heterocycles. The maximum absolute atomic E-state index is 10.9. The average Bonchev–Trinajstić information content (AvgIpc) is 2.34. The summed E-state index contributed by atoms with van der Waals surface area (Å²) in [7, 11) is 0. The van der Waals surface area contributed by atoms with Gasteiger partial charge in [0.05, 0.1) is 4.92 Å². The van der Waals surface area contributed by atoms with Crippen molar-refractivity contribution in [3.05, 3.63) is 46.0 Å². The molecule has 0 aliphatic heterocycles. The monoisotopic (exact) mass is 250 g/mol. The molecule has 0 aliphatic carbocycles. The molecule has 7 nitrogen and oxygen atoms in total. The minimum atomic E-state index is -0.701. The lowest BCUT2D eigenvalue weighted by Gasteiger charge is -2.05. The SMILES string of the molecule is NC/C=C/CNc1ccc(C(N)=O)cc1[N+](=O)[O-]. The molecule has 0 aliphatic rings. The van der Waals surface area contributed by atoms with Crippen molar-refractivity contribution in [2.24, 2.45) is 11.5 Å². The molecule has 7 heteroatoms. The minimum Gasteiger partial charge on any atom is -0.376 e. The van der Waals surface area contributed by atoms with Gasteiger partial charge in [-0.05, 0) is 12.1 Å². The molecule has 18 heavy (non-hydrogen) atoms. The molecule has 5 N–H and O–H groups in total. The molecule has 0 bridgehead atoms. The normalized spacial score (nSPS) is 10.5. The number of nitro benzene ring substituents is 1. The van der Waals surface area contributed by atoms with Crippen molar-refractivity contribution in [2.45, 2.75) is 0 Å². The van der Waals surface area contributed by atoms with Crippen LogP contribution in [0.25, 0.3) is 0 Å². The lowest BCUT2D eigenvalue weighted by molar-refractivity contribution is -0.384. The van der Waals surface area contributed by atoms with E-state index in [1.807, 2.05) is 0 Å². The van der Waals surface area contributed by atoms with E-state index in [-0.39, 0.29) is 11.3 Å². The van der Waals surface area contributed by atoms with Crippen molar-refractivity contribution >= 4 is 17.3 Å². The number of primary amides is 1. The third-order valence-electron chi connectivity index (χ3n) is 2.19. The van der Waals surface area contributed by atoms with E-state index < -0.39 is 10.8 Å². The number of hydrogen-bond acceptors (Lipinski definition) is 5. The summed E-state index contributed by atoms with van der Waals surface area (Å²) in [5.74, 6) is -0.701. The van der Waals surface area contributed by atoms with Crippen molar-refractivity contribution in [2.75, 3.05) is 18.4 Å².